The van der Waals surface area contributed by atoms with Gasteiger partial charge in [0.2, 0.25) is 0 Å². The highest BCUT2D eigenvalue weighted by molar-refractivity contribution is 5.70. The maximum Gasteiger partial charge on any atom is 0.306 e. The predicted octanol–water partition coefficient (Wildman–Crippen LogP) is 1.77. The van der Waals surface area contributed by atoms with E-state index in [0.717, 1.165) is 6.54 Å². The Morgan fingerprint density at radius 1 is 1.22 bits per heavy atom. The van der Waals surface area contributed by atoms with Crippen LogP contribution < -0.4 is 5.32 Å². The lowest BCUT2D eigenvalue weighted by Gasteiger charge is -2.35. The summed E-state index contributed by atoms with van der Waals surface area (Å²) < 4.78 is 0. The Kier molecular flexibility index (Phi) is 3.97. The van der Waals surface area contributed by atoms with Crippen LogP contribution in [0.25, 0.3) is 0 Å². The SMILES string of the molecule is CCC1(CNCC2(O)CCC(C(=O)O)CC2)CC1. The third-order valence-electron chi connectivity index (χ3n) is 4.93. The third kappa shape index (κ3) is 3.23. The van der Waals surface area contributed by atoms with Crippen LogP contribution in [0.3, 0.4) is 0 Å². The smallest absolute Gasteiger partial charge is 0.306 e. The van der Waals surface area contributed by atoms with E-state index in [0.29, 0.717) is 37.6 Å². The van der Waals surface area contributed by atoms with Crippen LogP contribution in [-0.2, 0) is 4.79 Å². The van der Waals surface area contributed by atoms with Gasteiger partial charge in [0.05, 0.1) is 11.5 Å². The first-order valence-corrected chi connectivity index (χ1v) is 7.15. The average molecular weight is 255 g/mol. The number of aliphatic carboxylic acids is 1. The van der Waals surface area contributed by atoms with Crippen molar-refractivity contribution in [1.29, 1.82) is 0 Å². The molecule has 0 aliphatic heterocycles. The van der Waals surface area contributed by atoms with Crippen molar-refractivity contribution in [1.82, 2.24) is 5.32 Å². The fourth-order valence-corrected chi connectivity index (χ4v) is 2.97. The maximum absolute atomic E-state index is 10.9. The lowest BCUT2D eigenvalue weighted by molar-refractivity contribution is -0.144. The van der Waals surface area contributed by atoms with E-state index in [4.69, 9.17) is 5.11 Å². The number of aliphatic hydroxyl groups is 1. The van der Waals surface area contributed by atoms with Crippen molar-refractivity contribution in [2.75, 3.05) is 13.1 Å². The maximum atomic E-state index is 10.9. The minimum atomic E-state index is -0.715. The Labute approximate surface area is 109 Å². The first-order chi connectivity index (χ1) is 8.49. The lowest BCUT2D eigenvalue weighted by atomic mass is 9.78. The van der Waals surface area contributed by atoms with E-state index in [1.165, 1.54) is 19.3 Å². The van der Waals surface area contributed by atoms with Gasteiger partial charge in [-0.25, -0.2) is 0 Å². The molecule has 0 aromatic carbocycles. The zero-order chi connectivity index (χ0) is 13.2. The van der Waals surface area contributed by atoms with E-state index in [1.807, 2.05) is 0 Å². The number of carboxylic acids is 1. The van der Waals surface area contributed by atoms with Crippen molar-refractivity contribution in [3.8, 4) is 0 Å². The summed E-state index contributed by atoms with van der Waals surface area (Å²) in [5.41, 5.74) is -0.190. The summed E-state index contributed by atoms with van der Waals surface area (Å²) in [7, 11) is 0. The predicted molar refractivity (Wildman–Crippen MR) is 69.4 cm³/mol. The molecule has 0 atom stereocenters. The summed E-state index contributed by atoms with van der Waals surface area (Å²) in [4.78, 5) is 10.9. The molecule has 0 radical (unpaired) electrons. The van der Waals surface area contributed by atoms with Crippen LogP contribution in [0.2, 0.25) is 0 Å². The molecule has 4 nitrogen and oxygen atoms in total. The van der Waals surface area contributed by atoms with Crippen LogP contribution in [0.15, 0.2) is 0 Å². The van der Waals surface area contributed by atoms with Gasteiger partial charge in [-0.3, -0.25) is 4.79 Å². The molecular formula is C14H25NO3. The minimum Gasteiger partial charge on any atom is -0.481 e. The Hall–Kier alpha value is -0.610. The highest BCUT2D eigenvalue weighted by atomic mass is 16.4. The minimum absolute atomic E-state index is 0.254. The van der Waals surface area contributed by atoms with Crippen LogP contribution in [-0.4, -0.2) is 34.9 Å². The molecule has 0 aromatic heterocycles. The fraction of sp³-hybridized carbons (Fsp3) is 0.929. The van der Waals surface area contributed by atoms with Gasteiger partial charge < -0.3 is 15.5 Å². The van der Waals surface area contributed by atoms with Gasteiger partial charge in [0.15, 0.2) is 0 Å². The van der Waals surface area contributed by atoms with E-state index in [1.54, 1.807) is 0 Å². The molecule has 0 saturated heterocycles. The molecule has 2 fully saturated rings. The van der Waals surface area contributed by atoms with Gasteiger partial charge in [-0.1, -0.05) is 6.92 Å². The second-order valence-corrected chi connectivity index (χ2v) is 6.29. The van der Waals surface area contributed by atoms with Crippen LogP contribution in [0, 0.1) is 11.3 Å². The van der Waals surface area contributed by atoms with E-state index in [-0.39, 0.29) is 5.92 Å². The molecule has 0 bridgehead atoms. The topological polar surface area (TPSA) is 69.6 Å². The molecule has 2 aliphatic carbocycles. The number of carboxylic acid groups (broad SMARTS) is 1. The van der Waals surface area contributed by atoms with Gasteiger partial charge in [0.25, 0.3) is 0 Å². The van der Waals surface area contributed by atoms with E-state index in [9.17, 15) is 9.90 Å². The highest BCUT2D eigenvalue weighted by Crippen LogP contribution is 2.48. The van der Waals surface area contributed by atoms with Crippen molar-refractivity contribution in [2.45, 2.75) is 57.5 Å². The Bertz CT molecular complexity index is 304. The molecule has 104 valence electrons. The number of rotatable bonds is 6. The van der Waals surface area contributed by atoms with Crippen LogP contribution in [0.5, 0.6) is 0 Å². The molecule has 2 saturated carbocycles. The van der Waals surface area contributed by atoms with Crippen LogP contribution in [0.1, 0.15) is 51.9 Å². The quantitative estimate of drug-likeness (QED) is 0.676. The van der Waals surface area contributed by atoms with Gasteiger partial charge >= 0.3 is 5.97 Å². The molecule has 0 unspecified atom stereocenters. The van der Waals surface area contributed by atoms with E-state index >= 15 is 0 Å². The second-order valence-electron chi connectivity index (χ2n) is 6.29. The fourth-order valence-electron chi connectivity index (χ4n) is 2.97. The molecule has 0 amide bonds. The molecule has 2 rings (SSSR count). The Balaban J connectivity index is 1.71. The number of carbonyl (C=O) groups is 1. The first kappa shape index (κ1) is 13.8. The molecule has 4 heteroatoms. The summed E-state index contributed by atoms with van der Waals surface area (Å²) in [5, 5.41) is 22.7. The van der Waals surface area contributed by atoms with Crippen molar-refractivity contribution in [3.63, 3.8) is 0 Å². The monoisotopic (exact) mass is 255 g/mol. The highest BCUT2D eigenvalue weighted by Gasteiger charge is 2.41. The molecule has 18 heavy (non-hydrogen) atoms. The second kappa shape index (κ2) is 5.17. The number of nitrogens with one attached hydrogen (secondary N) is 1. The zero-order valence-electron chi connectivity index (χ0n) is 11.2. The van der Waals surface area contributed by atoms with E-state index < -0.39 is 11.6 Å². The summed E-state index contributed by atoms with van der Waals surface area (Å²) >= 11 is 0. The molecule has 3 N–H and O–H groups in total. The van der Waals surface area contributed by atoms with Gasteiger partial charge in [-0.05, 0) is 50.4 Å². The van der Waals surface area contributed by atoms with Crippen LogP contribution in [0.4, 0.5) is 0 Å². The Morgan fingerprint density at radius 3 is 2.28 bits per heavy atom. The molecule has 0 heterocycles. The first-order valence-electron chi connectivity index (χ1n) is 7.15. The number of hydrogen-bond donors (Lipinski definition) is 3. The van der Waals surface area contributed by atoms with Gasteiger partial charge in [0.1, 0.15) is 0 Å². The van der Waals surface area contributed by atoms with Gasteiger partial charge in [-0.2, -0.15) is 0 Å². The average Bonchev–Trinajstić information content (AvgIpc) is 3.10. The largest absolute Gasteiger partial charge is 0.481 e. The normalized spacial score (nSPS) is 34.2. The molecule has 2 aliphatic rings. The summed E-state index contributed by atoms with van der Waals surface area (Å²) in [6, 6.07) is 0. The zero-order valence-corrected chi connectivity index (χ0v) is 11.2. The summed E-state index contributed by atoms with van der Waals surface area (Å²) in [6.45, 7) is 3.83. The van der Waals surface area contributed by atoms with Crippen molar-refractivity contribution < 1.29 is 15.0 Å². The molecule has 0 spiro atoms. The summed E-state index contributed by atoms with van der Waals surface area (Å²) in [6.07, 6.45) is 6.23. The standard InChI is InChI=1S/C14H25NO3/c1-2-13(7-8-13)9-15-10-14(18)5-3-11(4-6-14)12(16)17/h11,15,18H,2-10H2,1H3,(H,16,17). The van der Waals surface area contributed by atoms with Crippen molar-refractivity contribution in [3.05, 3.63) is 0 Å². The van der Waals surface area contributed by atoms with E-state index in [2.05, 4.69) is 12.2 Å². The lowest BCUT2D eigenvalue weighted by Crippen LogP contribution is -2.45. The van der Waals surface area contributed by atoms with Crippen LogP contribution >= 0.6 is 0 Å². The van der Waals surface area contributed by atoms with Gasteiger partial charge in [0, 0.05) is 13.1 Å². The summed E-state index contributed by atoms with van der Waals surface area (Å²) in [5.74, 6) is -0.969. The molecular weight excluding hydrogens is 230 g/mol. The van der Waals surface area contributed by atoms with Crippen molar-refractivity contribution >= 4 is 5.97 Å². The third-order valence-corrected chi connectivity index (χ3v) is 4.93. The molecule has 0 aromatic rings. The van der Waals surface area contributed by atoms with Crippen molar-refractivity contribution in [2.24, 2.45) is 11.3 Å². The van der Waals surface area contributed by atoms with Gasteiger partial charge in [-0.15, -0.1) is 0 Å². The number of hydrogen-bond acceptors (Lipinski definition) is 3. The Morgan fingerprint density at radius 2 is 1.83 bits per heavy atom.